The lowest BCUT2D eigenvalue weighted by atomic mass is 10.2. The second kappa shape index (κ2) is 6.74. The minimum absolute atomic E-state index is 0.181. The maximum absolute atomic E-state index is 11.9. The highest BCUT2D eigenvalue weighted by Gasteiger charge is 2.29. The lowest BCUT2D eigenvalue weighted by Crippen LogP contribution is -2.37. The van der Waals surface area contributed by atoms with Gasteiger partial charge in [0.1, 0.15) is 17.4 Å². The maximum atomic E-state index is 11.9. The maximum Gasteiger partial charge on any atom is 0.329 e. The van der Waals surface area contributed by atoms with Crippen molar-refractivity contribution in [2.45, 2.75) is 31.8 Å². The molecule has 2 aromatic rings. The molecular weight excluding hydrogens is 312 g/mol. The fourth-order valence-electron chi connectivity index (χ4n) is 2.60. The monoisotopic (exact) mass is 330 g/mol. The SMILES string of the molecule is C[C@H](NC(=O)COC(=O)[C@@H]1CCC(=O)N1)c1cc2ccccc2o1. The van der Waals surface area contributed by atoms with E-state index in [0.717, 1.165) is 11.0 Å². The van der Waals surface area contributed by atoms with Crippen molar-refractivity contribution in [3.05, 3.63) is 36.1 Å². The Morgan fingerprint density at radius 3 is 2.92 bits per heavy atom. The molecule has 0 saturated carbocycles. The van der Waals surface area contributed by atoms with Crippen molar-refractivity contribution in [3.8, 4) is 0 Å². The number of rotatable bonds is 5. The summed E-state index contributed by atoms with van der Waals surface area (Å²) in [5, 5.41) is 6.17. The molecule has 7 heteroatoms. The normalized spacial score (nSPS) is 18.2. The summed E-state index contributed by atoms with van der Waals surface area (Å²) in [5.41, 5.74) is 0.747. The Bertz CT molecular complexity index is 749. The van der Waals surface area contributed by atoms with E-state index in [0.29, 0.717) is 18.6 Å². The van der Waals surface area contributed by atoms with Crippen LogP contribution in [0.4, 0.5) is 0 Å². The molecule has 1 saturated heterocycles. The third kappa shape index (κ3) is 3.56. The Kier molecular flexibility index (Phi) is 4.50. The summed E-state index contributed by atoms with van der Waals surface area (Å²) in [6, 6.07) is 8.42. The molecule has 7 nitrogen and oxygen atoms in total. The van der Waals surface area contributed by atoms with Crippen LogP contribution in [-0.4, -0.2) is 30.4 Å². The molecule has 1 aromatic heterocycles. The molecule has 2 heterocycles. The van der Waals surface area contributed by atoms with Crippen LogP contribution in [0, 0.1) is 0 Å². The zero-order valence-electron chi connectivity index (χ0n) is 13.2. The minimum Gasteiger partial charge on any atom is -0.459 e. The minimum atomic E-state index is -0.655. The molecule has 1 aliphatic heterocycles. The van der Waals surface area contributed by atoms with Crippen LogP contribution < -0.4 is 10.6 Å². The molecule has 2 atom stereocenters. The van der Waals surface area contributed by atoms with Crippen LogP contribution in [0.5, 0.6) is 0 Å². The van der Waals surface area contributed by atoms with Crippen LogP contribution in [0.15, 0.2) is 34.7 Å². The summed E-state index contributed by atoms with van der Waals surface area (Å²) in [5.74, 6) is -0.577. The van der Waals surface area contributed by atoms with Crippen LogP contribution >= 0.6 is 0 Å². The number of nitrogens with one attached hydrogen (secondary N) is 2. The summed E-state index contributed by atoms with van der Waals surface area (Å²) >= 11 is 0. The number of furan rings is 1. The highest BCUT2D eigenvalue weighted by atomic mass is 16.5. The van der Waals surface area contributed by atoms with Gasteiger partial charge in [-0.25, -0.2) is 4.79 Å². The van der Waals surface area contributed by atoms with Gasteiger partial charge >= 0.3 is 5.97 Å². The molecule has 0 spiro atoms. The molecule has 0 unspecified atom stereocenters. The number of benzene rings is 1. The molecule has 2 amide bonds. The van der Waals surface area contributed by atoms with Crippen LogP contribution in [0.25, 0.3) is 11.0 Å². The summed E-state index contributed by atoms with van der Waals surface area (Å²) < 4.78 is 10.6. The van der Waals surface area contributed by atoms with Gasteiger partial charge in [0.2, 0.25) is 5.91 Å². The van der Waals surface area contributed by atoms with Crippen molar-refractivity contribution in [2.24, 2.45) is 0 Å². The molecule has 1 fully saturated rings. The first-order valence-electron chi connectivity index (χ1n) is 7.77. The average molecular weight is 330 g/mol. The van der Waals surface area contributed by atoms with Crippen LogP contribution in [0.1, 0.15) is 31.6 Å². The average Bonchev–Trinajstić information content (AvgIpc) is 3.18. The molecule has 2 N–H and O–H groups in total. The van der Waals surface area contributed by atoms with Gasteiger partial charge in [0, 0.05) is 11.8 Å². The fraction of sp³-hybridized carbons (Fsp3) is 0.353. The van der Waals surface area contributed by atoms with Crippen LogP contribution in [0.2, 0.25) is 0 Å². The number of esters is 1. The highest BCUT2D eigenvalue weighted by molar-refractivity contribution is 5.89. The standard InChI is InChI=1S/C17H18N2O5/c1-10(14-8-11-4-2-3-5-13(11)24-14)18-16(21)9-23-17(22)12-6-7-15(20)19-12/h2-5,8,10,12H,6-7,9H2,1H3,(H,18,21)(H,19,20)/t10-,12-/m0/s1. The Balaban J connectivity index is 1.50. The number of hydrogen-bond acceptors (Lipinski definition) is 5. The Morgan fingerprint density at radius 2 is 2.21 bits per heavy atom. The first-order valence-corrected chi connectivity index (χ1v) is 7.77. The molecular formula is C17H18N2O5. The lowest BCUT2D eigenvalue weighted by molar-refractivity contribution is -0.150. The van der Waals surface area contributed by atoms with Crippen LogP contribution in [0.3, 0.4) is 0 Å². The third-order valence-corrected chi connectivity index (χ3v) is 3.87. The van der Waals surface area contributed by atoms with E-state index in [9.17, 15) is 14.4 Å². The number of para-hydroxylation sites is 1. The van der Waals surface area contributed by atoms with E-state index in [2.05, 4.69) is 10.6 Å². The fourth-order valence-corrected chi connectivity index (χ4v) is 2.60. The molecule has 126 valence electrons. The lowest BCUT2D eigenvalue weighted by Gasteiger charge is -2.13. The number of carbonyl (C=O) groups excluding carboxylic acids is 3. The molecule has 0 bridgehead atoms. The van der Waals surface area contributed by atoms with E-state index in [4.69, 9.17) is 9.15 Å². The number of ether oxygens (including phenoxy) is 1. The van der Waals surface area contributed by atoms with Gasteiger partial charge < -0.3 is 19.8 Å². The predicted molar refractivity (Wildman–Crippen MR) is 84.9 cm³/mol. The quantitative estimate of drug-likeness (QED) is 0.808. The largest absolute Gasteiger partial charge is 0.459 e. The van der Waals surface area contributed by atoms with E-state index < -0.39 is 24.5 Å². The van der Waals surface area contributed by atoms with E-state index in [-0.39, 0.29) is 11.9 Å². The zero-order valence-corrected chi connectivity index (χ0v) is 13.2. The first-order chi connectivity index (χ1) is 11.5. The van der Waals surface area contributed by atoms with Gasteiger partial charge in [0.15, 0.2) is 6.61 Å². The molecule has 24 heavy (non-hydrogen) atoms. The zero-order chi connectivity index (χ0) is 17.1. The summed E-state index contributed by atoms with van der Waals surface area (Å²) in [6.45, 7) is 1.39. The van der Waals surface area contributed by atoms with E-state index in [1.807, 2.05) is 30.3 Å². The van der Waals surface area contributed by atoms with Crippen molar-refractivity contribution >= 4 is 28.8 Å². The second-order valence-electron chi connectivity index (χ2n) is 5.74. The number of amides is 2. The van der Waals surface area contributed by atoms with Crippen molar-refractivity contribution in [1.82, 2.24) is 10.6 Å². The summed E-state index contributed by atoms with van der Waals surface area (Å²) in [6.07, 6.45) is 0.698. The molecule has 0 aliphatic carbocycles. The van der Waals surface area contributed by atoms with Gasteiger partial charge in [-0.1, -0.05) is 18.2 Å². The van der Waals surface area contributed by atoms with Crippen molar-refractivity contribution in [1.29, 1.82) is 0 Å². The van der Waals surface area contributed by atoms with Gasteiger partial charge in [-0.3, -0.25) is 9.59 Å². The van der Waals surface area contributed by atoms with Gasteiger partial charge in [-0.05, 0) is 25.5 Å². The molecule has 1 aliphatic rings. The van der Waals surface area contributed by atoms with Gasteiger partial charge in [-0.15, -0.1) is 0 Å². The van der Waals surface area contributed by atoms with Gasteiger partial charge in [-0.2, -0.15) is 0 Å². The topological polar surface area (TPSA) is 97.6 Å². The van der Waals surface area contributed by atoms with Crippen molar-refractivity contribution in [3.63, 3.8) is 0 Å². The Labute approximate surface area is 138 Å². The van der Waals surface area contributed by atoms with Crippen molar-refractivity contribution < 1.29 is 23.5 Å². The first kappa shape index (κ1) is 16.0. The van der Waals surface area contributed by atoms with Crippen molar-refractivity contribution in [2.75, 3.05) is 6.61 Å². The third-order valence-electron chi connectivity index (χ3n) is 3.87. The summed E-state index contributed by atoms with van der Waals surface area (Å²) in [4.78, 5) is 34.7. The molecule has 0 radical (unpaired) electrons. The van der Waals surface area contributed by atoms with E-state index in [1.165, 1.54) is 0 Å². The van der Waals surface area contributed by atoms with E-state index in [1.54, 1.807) is 6.92 Å². The smallest absolute Gasteiger partial charge is 0.329 e. The highest BCUT2D eigenvalue weighted by Crippen LogP contribution is 2.23. The van der Waals surface area contributed by atoms with Gasteiger partial charge in [0.05, 0.1) is 6.04 Å². The second-order valence-corrected chi connectivity index (χ2v) is 5.74. The number of carbonyl (C=O) groups is 3. The Hall–Kier alpha value is -2.83. The Morgan fingerprint density at radius 1 is 1.42 bits per heavy atom. The predicted octanol–water partition coefficient (Wildman–Crippen LogP) is 1.43. The number of hydrogen-bond donors (Lipinski definition) is 2. The molecule has 1 aromatic carbocycles. The van der Waals surface area contributed by atoms with E-state index >= 15 is 0 Å². The van der Waals surface area contributed by atoms with Crippen LogP contribution in [-0.2, 0) is 19.1 Å². The number of fused-ring (bicyclic) bond motifs is 1. The summed E-state index contributed by atoms with van der Waals surface area (Å²) in [7, 11) is 0. The van der Waals surface area contributed by atoms with Gasteiger partial charge in [0.25, 0.3) is 5.91 Å². The molecule has 3 rings (SSSR count).